The van der Waals surface area contributed by atoms with E-state index in [9.17, 15) is 9.59 Å². The molecule has 35 heavy (non-hydrogen) atoms. The molecular weight excluding hydrogens is 442 g/mol. The van der Waals surface area contributed by atoms with Gasteiger partial charge in [0.15, 0.2) is 0 Å². The lowest BCUT2D eigenvalue weighted by Gasteiger charge is -2.12. The molecule has 4 rings (SSSR count). The lowest BCUT2D eigenvalue weighted by Crippen LogP contribution is -2.19. The van der Waals surface area contributed by atoms with Crippen LogP contribution in [0.25, 0.3) is 10.8 Å². The first-order valence-electron chi connectivity index (χ1n) is 11.7. The van der Waals surface area contributed by atoms with Gasteiger partial charge in [-0.05, 0) is 54.2 Å². The average Bonchev–Trinajstić information content (AvgIpc) is 3.13. The van der Waals surface area contributed by atoms with Gasteiger partial charge in [0.2, 0.25) is 0 Å². The van der Waals surface area contributed by atoms with Crippen LogP contribution < -0.4 is 10.3 Å². The molecule has 1 aromatic heterocycles. The Hall–Kier alpha value is -4.13. The molecule has 0 unspecified atom stereocenters. The van der Waals surface area contributed by atoms with Gasteiger partial charge in [0.1, 0.15) is 11.4 Å². The molecule has 2 N–H and O–H groups in total. The number of benzene rings is 3. The highest BCUT2D eigenvalue weighted by molar-refractivity contribution is 5.86. The number of nitrogens with zero attached hydrogens (tertiary/aromatic N) is 2. The van der Waals surface area contributed by atoms with Gasteiger partial charge >= 0.3 is 5.97 Å². The van der Waals surface area contributed by atoms with Crippen molar-refractivity contribution in [2.24, 2.45) is 4.99 Å². The van der Waals surface area contributed by atoms with Crippen molar-refractivity contribution in [2.45, 2.75) is 39.2 Å². The number of aryl methyl sites for hydroxylation is 4. The molecule has 0 aliphatic rings. The van der Waals surface area contributed by atoms with E-state index in [1.807, 2.05) is 24.3 Å². The van der Waals surface area contributed by atoms with Gasteiger partial charge in [-0.2, -0.15) is 0 Å². The number of H-pyrrole nitrogens is 1. The quantitative estimate of drug-likeness (QED) is 0.317. The average molecular weight is 472 g/mol. The van der Waals surface area contributed by atoms with Gasteiger partial charge in [-0.1, -0.05) is 54.6 Å². The van der Waals surface area contributed by atoms with Crippen LogP contribution in [-0.2, 0) is 24.2 Å². The van der Waals surface area contributed by atoms with Crippen LogP contribution in [0.4, 0.5) is 5.69 Å². The number of carbonyl (C=O) groups is 1. The van der Waals surface area contributed by atoms with E-state index in [1.165, 1.54) is 21.0 Å². The fourth-order valence-corrected chi connectivity index (χ4v) is 4.34. The standard InChI is InChI=1S/C28H29N3O4/c1-19-24(28(34)31(30-19)17-7-14-26(32)33)18-29-25-13-6-11-22(27(25)35-2)16-15-21-10-5-9-20-8-3-4-12-23(20)21/h3-6,8-13,18,30H,7,14-17H2,1-2H3,(H,32,33). The summed E-state index contributed by atoms with van der Waals surface area (Å²) in [5.41, 5.74) is 3.89. The van der Waals surface area contributed by atoms with E-state index >= 15 is 0 Å². The summed E-state index contributed by atoms with van der Waals surface area (Å²) in [5, 5.41) is 14.3. The number of aliphatic carboxylic acids is 1. The largest absolute Gasteiger partial charge is 0.494 e. The van der Waals surface area contributed by atoms with Crippen LogP contribution in [0.1, 0.15) is 35.2 Å². The highest BCUT2D eigenvalue weighted by Gasteiger charge is 2.12. The predicted octanol–water partition coefficient (Wildman–Crippen LogP) is 5.05. The van der Waals surface area contributed by atoms with Crippen LogP contribution in [0, 0.1) is 6.92 Å². The minimum atomic E-state index is -0.879. The summed E-state index contributed by atoms with van der Waals surface area (Å²) in [7, 11) is 1.63. The van der Waals surface area contributed by atoms with E-state index < -0.39 is 5.97 Å². The summed E-state index contributed by atoms with van der Waals surface area (Å²) in [6.07, 6.45) is 3.59. The number of methoxy groups -OCH3 is 1. The van der Waals surface area contributed by atoms with E-state index in [2.05, 4.69) is 46.5 Å². The van der Waals surface area contributed by atoms with E-state index in [4.69, 9.17) is 9.84 Å². The van der Waals surface area contributed by atoms with Gasteiger partial charge in [-0.15, -0.1) is 0 Å². The normalized spacial score (nSPS) is 11.4. The number of hydrogen-bond acceptors (Lipinski definition) is 4. The van der Waals surface area contributed by atoms with Gasteiger partial charge in [-0.25, -0.2) is 0 Å². The van der Waals surface area contributed by atoms with Crippen molar-refractivity contribution in [1.82, 2.24) is 9.78 Å². The molecule has 0 spiro atoms. The monoisotopic (exact) mass is 471 g/mol. The van der Waals surface area contributed by atoms with Gasteiger partial charge in [0, 0.05) is 24.9 Å². The number of ether oxygens (including phenoxy) is 1. The van der Waals surface area contributed by atoms with Gasteiger partial charge in [-0.3, -0.25) is 24.4 Å². The van der Waals surface area contributed by atoms with E-state index in [0.717, 1.165) is 18.4 Å². The van der Waals surface area contributed by atoms with Crippen LogP contribution in [0.3, 0.4) is 0 Å². The number of rotatable bonds is 10. The second kappa shape index (κ2) is 10.9. The number of aromatic amines is 1. The molecule has 0 saturated heterocycles. The van der Waals surface area contributed by atoms with Crippen molar-refractivity contribution in [3.63, 3.8) is 0 Å². The van der Waals surface area contributed by atoms with Gasteiger partial charge in [0.25, 0.3) is 5.56 Å². The van der Waals surface area contributed by atoms with Crippen LogP contribution in [0.2, 0.25) is 0 Å². The number of nitrogens with one attached hydrogen (secondary N) is 1. The molecule has 4 aromatic rings. The number of carboxylic acids is 1. The fraction of sp³-hybridized carbons (Fsp3) is 0.250. The third-order valence-electron chi connectivity index (χ3n) is 6.11. The molecule has 0 fully saturated rings. The molecule has 0 aliphatic carbocycles. The minimum absolute atomic E-state index is 0.0106. The number of aliphatic imine (C=N–C) groups is 1. The van der Waals surface area contributed by atoms with Crippen molar-refractivity contribution in [2.75, 3.05) is 7.11 Å². The molecule has 180 valence electrons. The zero-order valence-electron chi connectivity index (χ0n) is 20.0. The lowest BCUT2D eigenvalue weighted by molar-refractivity contribution is -0.137. The van der Waals surface area contributed by atoms with Gasteiger partial charge in [0.05, 0.1) is 12.7 Å². The summed E-state index contributed by atoms with van der Waals surface area (Å²) >= 11 is 0. The first-order chi connectivity index (χ1) is 17.0. The van der Waals surface area contributed by atoms with Crippen LogP contribution >= 0.6 is 0 Å². The molecule has 1 heterocycles. The Morgan fingerprint density at radius 2 is 1.77 bits per heavy atom. The molecule has 0 amide bonds. The van der Waals surface area contributed by atoms with Crippen LogP contribution in [0.5, 0.6) is 5.75 Å². The van der Waals surface area contributed by atoms with E-state index in [1.54, 1.807) is 20.2 Å². The SMILES string of the molecule is COc1c(CCc2cccc3ccccc23)cccc1N=Cc1c(C)[nH]n(CCCC(=O)O)c1=O. The minimum Gasteiger partial charge on any atom is -0.494 e. The van der Waals surface area contributed by atoms with Gasteiger partial charge < -0.3 is 9.84 Å². The Morgan fingerprint density at radius 3 is 2.57 bits per heavy atom. The molecule has 7 nitrogen and oxygen atoms in total. The van der Waals surface area contributed by atoms with E-state index in [-0.39, 0.29) is 12.0 Å². The Bertz CT molecular complexity index is 1430. The molecule has 7 heteroatoms. The first kappa shape index (κ1) is 24.0. The third kappa shape index (κ3) is 5.51. The zero-order chi connectivity index (χ0) is 24.8. The Morgan fingerprint density at radius 1 is 1.06 bits per heavy atom. The van der Waals surface area contributed by atoms with Crippen molar-refractivity contribution >= 4 is 28.6 Å². The second-order valence-electron chi connectivity index (χ2n) is 8.47. The second-order valence-corrected chi connectivity index (χ2v) is 8.47. The number of carboxylic acid groups (broad SMARTS) is 1. The topological polar surface area (TPSA) is 96.7 Å². The fourth-order valence-electron chi connectivity index (χ4n) is 4.34. The number of para-hydroxylation sites is 1. The van der Waals surface area contributed by atoms with Crippen molar-refractivity contribution in [1.29, 1.82) is 0 Å². The molecule has 0 bridgehead atoms. The van der Waals surface area contributed by atoms with Crippen LogP contribution in [0.15, 0.2) is 70.5 Å². The first-order valence-corrected chi connectivity index (χ1v) is 11.7. The Balaban J connectivity index is 1.54. The maximum atomic E-state index is 12.7. The highest BCUT2D eigenvalue weighted by Crippen LogP contribution is 2.32. The number of hydrogen-bond donors (Lipinski definition) is 2. The highest BCUT2D eigenvalue weighted by atomic mass is 16.5. The molecule has 0 aliphatic heterocycles. The predicted molar refractivity (Wildman–Crippen MR) is 138 cm³/mol. The molecule has 0 atom stereocenters. The Labute approximate surface area is 203 Å². The summed E-state index contributed by atoms with van der Waals surface area (Å²) < 4.78 is 7.15. The summed E-state index contributed by atoms with van der Waals surface area (Å²) in [6.45, 7) is 2.11. The summed E-state index contributed by atoms with van der Waals surface area (Å²) in [6, 6.07) is 20.6. The van der Waals surface area contributed by atoms with Crippen LogP contribution in [-0.4, -0.2) is 34.2 Å². The number of aromatic nitrogens is 2. The lowest BCUT2D eigenvalue weighted by atomic mass is 9.98. The van der Waals surface area contributed by atoms with Crippen molar-refractivity contribution in [3.8, 4) is 5.75 Å². The molecular formula is C28H29N3O4. The third-order valence-corrected chi connectivity index (χ3v) is 6.11. The number of fused-ring (bicyclic) bond motifs is 1. The molecule has 0 radical (unpaired) electrons. The summed E-state index contributed by atoms with van der Waals surface area (Å²) in [4.78, 5) is 28.1. The molecule has 3 aromatic carbocycles. The smallest absolute Gasteiger partial charge is 0.303 e. The van der Waals surface area contributed by atoms with Crippen molar-refractivity contribution in [3.05, 3.63) is 93.4 Å². The van der Waals surface area contributed by atoms with Crippen molar-refractivity contribution < 1.29 is 14.6 Å². The molecule has 0 saturated carbocycles. The summed E-state index contributed by atoms with van der Waals surface area (Å²) in [5.74, 6) is -0.186. The maximum Gasteiger partial charge on any atom is 0.303 e. The van der Waals surface area contributed by atoms with E-state index in [0.29, 0.717) is 35.7 Å². The zero-order valence-corrected chi connectivity index (χ0v) is 20.0. The Kier molecular flexibility index (Phi) is 7.45. The maximum absolute atomic E-state index is 12.7.